The minimum absolute atomic E-state index is 0.202. The number of carbonyl (C=O) groups is 1. The van der Waals surface area contributed by atoms with Gasteiger partial charge < -0.3 is 19.3 Å². The predicted molar refractivity (Wildman–Crippen MR) is 89.6 cm³/mol. The Morgan fingerprint density at radius 1 is 1.08 bits per heavy atom. The maximum absolute atomic E-state index is 11.6. The van der Waals surface area contributed by atoms with Crippen molar-refractivity contribution in [3.63, 3.8) is 0 Å². The van der Waals surface area contributed by atoms with Crippen molar-refractivity contribution >= 4 is 5.97 Å². The van der Waals surface area contributed by atoms with Crippen LogP contribution in [0.25, 0.3) is 0 Å². The third-order valence-electron chi connectivity index (χ3n) is 4.72. The van der Waals surface area contributed by atoms with Crippen LogP contribution in [-0.2, 0) is 25.6 Å². The monoisotopic (exact) mass is 340 g/mol. The Hall–Kier alpha value is -2.21. The number of hydrogen-bond donors (Lipinski definition) is 1. The van der Waals surface area contributed by atoms with Gasteiger partial charge in [0.1, 0.15) is 24.4 Å². The van der Waals surface area contributed by atoms with Crippen LogP contribution in [0.1, 0.15) is 23.7 Å². The first-order valence-electron chi connectivity index (χ1n) is 8.46. The van der Waals surface area contributed by atoms with Gasteiger partial charge in [-0.15, -0.1) is 0 Å². The maximum Gasteiger partial charge on any atom is 0.309 e. The van der Waals surface area contributed by atoms with Crippen molar-refractivity contribution in [3.8, 4) is 0 Å². The second-order valence-corrected chi connectivity index (χ2v) is 6.41. The van der Waals surface area contributed by atoms with Gasteiger partial charge in [-0.1, -0.05) is 60.7 Å². The van der Waals surface area contributed by atoms with E-state index in [4.69, 9.17) is 14.2 Å². The van der Waals surface area contributed by atoms with Crippen molar-refractivity contribution < 1.29 is 24.1 Å². The number of carbonyl (C=O) groups excluding carboxylic acids is 1. The van der Waals surface area contributed by atoms with Crippen molar-refractivity contribution in [2.24, 2.45) is 0 Å². The highest BCUT2D eigenvalue weighted by atomic mass is 16.6. The van der Waals surface area contributed by atoms with Crippen LogP contribution >= 0.6 is 0 Å². The quantitative estimate of drug-likeness (QED) is 0.847. The first-order valence-corrected chi connectivity index (χ1v) is 8.46. The minimum atomic E-state index is -0.841. The lowest BCUT2D eigenvalue weighted by Crippen LogP contribution is -2.38. The summed E-state index contributed by atoms with van der Waals surface area (Å²) in [5.74, 6) is -0.282. The minimum Gasteiger partial charge on any atom is -0.457 e. The van der Waals surface area contributed by atoms with Crippen molar-refractivity contribution in [1.82, 2.24) is 0 Å². The largest absolute Gasteiger partial charge is 0.457 e. The zero-order valence-corrected chi connectivity index (χ0v) is 13.7. The van der Waals surface area contributed by atoms with E-state index in [1.165, 1.54) is 0 Å². The van der Waals surface area contributed by atoms with Crippen LogP contribution in [0.15, 0.2) is 60.7 Å². The molecule has 2 aromatic carbocycles. The first-order chi connectivity index (χ1) is 12.2. The lowest BCUT2D eigenvalue weighted by atomic mass is 9.98. The summed E-state index contributed by atoms with van der Waals surface area (Å²) < 4.78 is 17.4. The molecule has 5 atom stereocenters. The summed E-state index contributed by atoms with van der Waals surface area (Å²) in [6.45, 7) is 0.369. The van der Waals surface area contributed by atoms with Gasteiger partial charge in [-0.2, -0.15) is 0 Å². The molecular weight excluding hydrogens is 320 g/mol. The van der Waals surface area contributed by atoms with E-state index in [1.807, 2.05) is 60.7 Å². The van der Waals surface area contributed by atoms with Crippen LogP contribution in [0.4, 0.5) is 0 Å². The molecule has 0 radical (unpaired) electrons. The predicted octanol–water partition coefficient (Wildman–Crippen LogP) is 2.39. The number of aliphatic hydroxyl groups excluding tert-OH is 1. The number of fused-ring (bicyclic) bond motifs is 1. The Balaban J connectivity index is 1.53. The molecule has 0 aromatic heterocycles. The molecule has 1 N–H and O–H groups in total. The smallest absolute Gasteiger partial charge is 0.309 e. The maximum atomic E-state index is 11.6. The zero-order chi connectivity index (χ0) is 17.2. The second kappa shape index (κ2) is 6.96. The molecule has 0 spiro atoms. The number of ether oxygens (including phenoxy) is 3. The topological polar surface area (TPSA) is 65.0 Å². The van der Waals surface area contributed by atoms with Crippen molar-refractivity contribution in [3.05, 3.63) is 71.8 Å². The summed E-state index contributed by atoms with van der Waals surface area (Å²) >= 11 is 0. The molecular formula is C20H20O5. The van der Waals surface area contributed by atoms with Gasteiger partial charge >= 0.3 is 5.97 Å². The molecule has 4 rings (SSSR count). The standard InChI is InChI=1S/C20H20O5/c21-16-11-15-18(25-16)20(23-12-13-7-3-1-4-8-13)19(24-15)17(22)14-9-5-2-6-10-14/h1-10,15,17-20,22H,11-12H2/t15-,17+,18+,19-,20-/m0/s1. The van der Waals surface area contributed by atoms with Crippen LogP contribution in [0.2, 0.25) is 0 Å². The number of rotatable bonds is 5. The normalized spacial score (nSPS) is 29.2. The Bertz CT molecular complexity index is 717. The molecule has 2 aromatic rings. The summed E-state index contributed by atoms with van der Waals surface area (Å²) in [5, 5.41) is 10.8. The fraction of sp³-hybridized carbons (Fsp3) is 0.350. The molecule has 130 valence electrons. The van der Waals surface area contributed by atoms with E-state index in [0.29, 0.717) is 6.61 Å². The molecule has 2 fully saturated rings. The summed E-state index contributed by atoms with van der Waals surface area (Å²) in [7, 11) is 0. The van der Waals surface area contributed by atoms with Gasteiger partial charge in [-0.25, -0.2) is 0 Å². The summed E-state index contributed by atoms with van der Waals surface area (Å²) in [5.41, 5.74) is 1.77. The van der Waals surface area contributed by atoms with Crippen molar-refractivity contribution in [1.29, 1.82) is 0 Å². The van der Waals surface area contributed by atoms with Crippen LogP contribution in [-0.4, -0.2) is 35.5 Å². The molecule has 5 nitrogen and oxygen atoms in total. The van der Waals surface area contributed by atoms with Crippen LogP contribution in [0.5, 0.6) is 0 Å². The van der Waals surface area contributed by atoms with Crippen LogP contribution in [0.3, 0.4) is 0 Å². The molecule has 0 saturated carbocycles. The summed E-state index contributed by atoms with van der Waals surface area (Å²) in [6, 6.07) is 19.1. The highest BCUT2D eigenvalue weighted by Crippen LogP contribution is 2.39. The van der Waals surface area contributed by atoms with E-state index in [-0.39, 0.29) is 18.5 Å². The van der Waals surface area contributed by atoms with Gasteiger partial charge in [-0.05, 0) is 11.1 Å². The van der Waals surface area contributed by atoms with Gasteiger partial charge in [-0.3, -0.25) is 4.79 Å². The SMILES string of the molecule is O=C1C[C@@H]2O[C@@H]([C@H](O)c3ccccc3)[C@@H](OCc3ccccc3)[C@@H]2O1. The lowest BCUT2D eigenvalue weighted by molar-refractivity contribution is -0.151. The zero-order valence-electron chi connectivity index (χ0n) is 13.7. The van der Waals surface area contributed by atoms with E-state index >= 15 is 0 Å². The fourth-order valence-electron chi connectivity index (χ4n) is 3.48. The molecule has 0 unspecified atom stereocenters. The highest BCUT2D eigenvalue weighted by Gasteiger charge is 2.54. The average Bonchev–Trinajstić information content (AvgIpc) is 3.17. The molecule has 0 amide bonds. The molecule has 2 aliphatic rings. The number of benzene rings is 2. The van der Waals surface area contributed by atoms with Gasteiger partial charge in [0.05, 0.1) is 13.0 Å². The Morgan fingerprint density at radius 3 is 2.48 bits per heavy atom. The summed E-state index contributed by atoms with van der Waals surface area (Å²) in [4.78, 5) is 11.6. The lowest BCUT2D eigenvalue weighted by Gasteiger charge is -2.26. The first kappa shape index (κ1) is 16.3. The summed E-state index contributed by atoms with van der Waals surface area (Å²) in [6.07, 6.45) is -2.56. The Labute approximate surface area is 146 Å². The van der Waals surface area contributed by atoms with Gasteiger partial charge in [0.2, 0.25) is 0 Å². The van der Waals surface area contributed by atoms with E-state index in [2.05, 4.69) is 0 Å². The van der Waals surface area contributed by atoms with Crippen LogP contribution < -0.4 is 0 Å². The fourth-order valence-corrected chi connectivity index (χ4v) is 3.48. The Morgan fingerprint density at radius 2 is 1.76 bits per heavy atom. The third kappa shape index (κ3) is 3.31. The van der Waals surface area contributed by atoms with E-state index in [9.17, 15) is 9.90 Å². The number of aliphatic hydroxyl groups is 1. The molecule has 5 heteroatoms. The van der Waals surface area contributed by atoms with E-state index < -0.39 is 24.4 Å². The number of esters is 1. The number of hydrogen-bond acceptors (Lipinski definition) is 5. The van der Waals surface area contributed by atoms with Gasteiger partial charge in [0.25, 0.3) is 0 Å². The molecule has 2 saturated heterocycles. The van der Waals surface area contributed by atoms with Gasteiger partial charge in [0.15, 0.2) is 6.10 Å². The molecule has 25 heavy (non-hydrogen) atoms. The molecule has 2 heterocycles. The van der Waals surface area contributed by atoms with E-state index in [1.54, 1.807) is 0 Å². The molecule has 0 bridgehead atoms. The van der Waals surface area contributed by atoms with Crippen molar-refractivity contribution in [2.75, 3.05) is 0 Å². The molecule has 2 aliphatic heterocycles. The van der Waals surface area contributed by atoms with Crippen LogP contribution in [0, 0.1) is 0 Å². The average molecular weight is 340 g/mol. The highest BCUT2D eigenvalue weighted by molar-refractivity contribution is 5.73. The van der Waals surface area contributed by atoms with E-state index in [0.717, 1.165) is 11.1 Å². The second-order valence-electron chi connectivity index (χ2n) is 6.41. The van der Waals surface area contributed by atoms with Gasteiger partial charge in [0, 0.05) is 0 Å². The Kier molecular flexibility index (Phi) is 4.53. The third-order valence-corrected chi connectivity index (χ3v) is 4.72. The molecule has 0 aliphatic carbocycles. The van der Waals surface area contributed by atoms with Crippen molar-refractivity contribution in [2.45, 2.75) is 43.5 Å².